The van der Waals surface area contributed by atoms with Crippen LogP contribution in [0, 0.1) is 0 Å². The highest BCUT2D eigenvalue weighted by molar-refractivity contribution is 6.06. The van der Waals surface area contributed by atoms with E-state index in [1.54, 1.807) is 24.1 Å². The van der Waals surface area contributed by atoms with Gasteiger partial charge in [0.25, 0.3) is 0 Å². The van der Waals surface area contributed by atoms with Gasteiger partial charge in [-0.1, -0.05) is 12.1 Å². The van der Waals surface area contributed by atoms with Gasteiger partial charge in [0.2, 0.25) is 0 Å². The molecular formula is C21H18F2N2O3. The van der Waals surface area contributed by atoms with E-state index in [1.807, 2.05) is 30.5 Å². The third-order valence-electron chi connectivity index (χ3n) is 3.99. The van der Waals surface area contributed by atoms with Crippen molar-refractivity contribution < 1.29 is 23.0 Å². The molecular weight excluding hydrogens is 366 g/mol. The number of alkyl halides is 2. The first-order valence-electron chi connectivity index (χ1n) is 8.47. The second kappa shape index (κ2) is 8.94. The summed E-state index contributed by atoms with van der Waals surface area (Å²) in [5.74, 6) is 0.496. The minimum atomic E-state index is -2.90. The van der Waals surface area contributed by atoms with Gasteiger partial charge in [0, 0.05) is 23.5 Å². The third-order valence-corrected chi connectivity index (χ3v) is 3.99. The van der Waals surface area contributed by atoms with Crippen molar-refractivity contribution >= 4 is 11.9 Å². The first-order valence-corrected chi connectivity index (χ1v) is 8.47. The minimum absolute atomic E-state index is 0.00828. The summed E-state index contributed by atoms with van der Waals surface area (Å²) in [6.07, 6.45) is 6.68. The Morgan fingerprint density at radius 2 is 2.00 bits per heavy atom. The molecule has 0 saturated heterocycles. The third kappa shape index (κ3) is 5.03. The highest BCUT2D eigenvalue weighted by Gasteiger charge is 2.07. The van der Waals surface area contributed by atoms with Crippen LogP contribution in [-0.4, -0.2) is 29.3 Å². The standard InChI is InChI=1S/C21H18F2N2O3/c1-27-20-10-4-15(13-17(20)14-25-12-2-11-24-25)3-9-19(26)16-5-7-18(8-6-16)28-21(22)23/h2-13,21H,14H2,1H3. The Balaban J connectivity index is 1.73. The Morgan fingerprint density at radius 3 is 2.64 bits per heavy atom. The monoisotopic (exact) mass is 384 g/mol. The number of halogens is 2. The Hall–Kier alpha value is -3.48. The van der Waals surface area contributed by atoms with Gasteiger partial charge in [-0.2, -0.15) is 13.9 Å². The number of benzene rings is 2. The van der Waals surface area contributed by atoms with Gasteiger partial charge in [0.05, 0.1) is 13.7 Å². The summed E-state index contributed by atoms with van der Waals surface area (Å²) >= 11 is 0. The molecule has 144 valence electrons. The summed E-state index contributed by atoms with van der Waals surface area (Å²) in [5, 5.41) is 4.19. The number of ether oxygens (including phenoxy) is 2. The molecule has 0 fully saturated rings. The zero-order chi connectivity index (χ0) is 19.9. The molecule has 2 aromatic carbocycles. The van der Waals surface area contributed by atoms with Gasteiger partial charge in [0.1, 0.15) is 11.5 Å². The van der Waals surface area contributed by atoms with Crippen LogP contribution in [0.2, 0.25) is 0 Å². The SMILES string of the molecule is COc1ccc(C=CC(=O)c2ccc(OC(F)F)cc2)cc1Cn1cccn1. The second-order valence-corrected chi connectivity index (χ2v) is 5.88. The number of nitrogens with zero attached hydrogens (tertiary/aromatic N) is 2. The molecule has 3 aromatic rings. The van der Waals surface area contributed by atoms with E-state index in [1.165, 1.54) is 30.3 Å². The fourth-order valence-electron chi connectivity index (χ4n) is 2.66. The van der Waals surface area contributed by atoms with E-state index in [0.29, 0.717) is 12.1 Å². The van der Waals surface area contributed by atoms with E-state index in [0.717, 1.165) is 16.9 Å². The first-order chi connectivity index (χ1) is 13.5. The highest BCUT2D eigenvalue weighted by atomic mass is 19.3. The number of ketones is 1. The van der Waals surface area contributed by atoms with Crippen LogP contribution in [0.3, 0.4) is 0 Å². The van der Waals surface area contributed by atoms with Crippen molar-refractivity contribution in [1.29, 1.82) is 0 Å². The lowest BCUT2D eigenvalue weighted by molar-refractivity contribution is -0.0498. The molecule has 7 heteroatoms. The number of hydrogen-bond donors (Lipinski definition) is 0. The summed E-state index contributed by atoms with van der Waals surface area (Å²) < 4.78 is 35.8. The first kappa shape index (κ1) is 19.3. The second-order valence-electron chi connectivity index (χ2n) is 5.88. The lowest BCUT2D eigenvalue weighted by Gasteiger charge is -2.09. The van der Waals surface area contributed by atoms with Crippen molar-refractivity contribution in [2.75, 3.05) is 7.11 Å². The zero-order valence-corrected chi connectivity index (χ0v) is 15.1. The van der Waals surface area contributed by atoms with Gasteiger partial charge in [-0.25, -0.2) is 0 Å². The molecule has 0 atom stereocenters. The van der Waals surface area contributed by atoms with Gasteiger partial charge in [-0.15, -0.1) is 0 Å². The lowest BCUT2D eigenvalue weighted by Crippen LogP contribution is -2.03. The van der Waals surface area contributed by atoms with Crippen LogP contribution in [0.5, 0.6) is 11.5 Å². The van der Waals surface area contributed by atoms with Crippen LogP contribution in [0.15, 0.2) is 67.0 Å². The molecule has 3 rings (SSSR count). The fourth-order valence-corrected chi connectivity index (χ4v) is 2.66. The number of rotatable bonds is 8. The normalized spacial score (nSPS) is 11.1. The van der Waals surface area contributed by atoms with Crippen molar-refractivity contribution in [3.8, 4) is 11.5 Å². The van der Waals surface area contributed by atoms with Crippen molar-refractivity contribution in [2.24, 2.45) is 0 Å². The van der Waals surface area contributed by atoms with Gasteiger partial charge in [-0.3, -0.25) is 9.48 Å². The molecule has 0 aliphatic carbocycles. The van der Waals surface area contributed by atoms with Gasteiger partial charge in [-0.05, 0) is 54.1 Å². The topological polar surface area (TPSA) is 53.4 Å². The number of carbonyl (C=O) groups excluding carboxylic acids is 1. The molecule has 0 aliphatic rings. The maximum Gasteiger partial charge on any atom is 0.387 e. The summed E-state index contributed by atoms with van der Waals surface area (Å²) in [6.45, 7) is -2.36. The fraction of sp³-hybridized carbons (Fsp3) is 0.143. The predicted molar refractivity (Wildman–Crippen MR) is 101 cm³/mol. The number of carbonyl (C=O) groups is 1. The Morgan fingerprint density at radius 1 is 1.21 bits per heavy atom. The molecule has 5 nitrogen and oxygen atoms in total. The van der Waals surface area contributed by atoms with Crippen molar-refractivity contribution in [3.05, 3.63) is 83.7 Å². The van der Waals surface area contributed by atoms with Crippen LogP contribution >= 0.6 is 0 Å². The zero-order valence-electron chi connectivity index (χ0n) is 15.1. The summed E-state index contributed by atoms with van der Waals surface area (Å²) in [5.41, 5.74) is 2.13. The number of hydrogen-bond acceptors (Lipinski definition) is 4. The molecule has 1 aromatic heterocycles. The summed E-state index contributed by atoms with van der Waals surface area (Å²) in [4.78, 5) is 12.3. The van der Waals surface area contributed by atoms with Crippen molar-refractivity contribution in [2.45, 2.75) is 13.2 Å². The number of aromatic nitrogens is 2. The largest absolute Gasteiger partial charge is 0.496 e. The van der Waals surface area contributed by atoms with Crippen LogP contribution in [0.25, 0.3) is 6.08 Å². The highest BCUT2D eigenvalue weighted by Crippen LogP contribution is 2.22. The molecule has 0 amide bonds. The molecule has 0 unspecified atom stereocenters. The Bertz CT molecular complexity index is 952. The molecule has 0 N–H and O–H groups in total. The van der Waals surface area contributed by atoms with Crippen LogP contribution < -0.4 is 9.47 Å². The molecule has 0 bridgehead atoms. The van der Waals surface area contributed by atoms with Crippen molar-refractivity contribution in [1.82, 2.24) is 9.78 Å². The maximum atomic E-state index is 12.3. The Labute approximate surface area is 160 Å². The van der Waals surface area contributed by atoms with Gasteiger partial charge >= 0.3 is 6.61 Å². The van der Waals surface area contributed by atoms with E-state index in [4.69, 9.17) is 4.74 Å². The van der Waals surface area contributed by atoms with Crippen molar-refractivity contribution in [3.63, 3.8) is 0 Å². The summed E-state index contributed by atoms with van der Waals surface area (Å²) in [6, 6.07) is 13.0. The van der Waals surface area contributed by atoms with E-state index >= 15 is 0 Å². The average Bonchev–Trinajstić information content (AvgIpc) is 3.19. The van der Waals surface area contributed by atoms with E-state index < -0.39 is 6.61 Å². The number of allylic oxidation sites excluding steroid dienone is 1. The predicted octanol–water partition coefficient (Wildman–Crippen LogP) is 4.44. The molecule has 0 saturated carbocycles. The van der Waals surface area contributed by atoms with Crippen LogP contribution in [0.4, 0.5) is 8.78 Å². The Kier molecular flexibility index (Phi) is 6.16. The van der Waals surface area contributed by atoms with E-state index in [2.05, 4.69) is 9.84 Å². The quantitative estimate of drug-likeness (QED) is 0.426. The molecule has 0 spiro atoms. The average molecular weight is 384 g/mol. The molecule has 1 heterocycles. The van der Waals surface area contributed by atoms with Crippen LogP contribution in [-0.2, 0) is 6.54 Å². The maximum absolute atomic E-state index is 12.3. The van der Waals surface area contributed by atoms with E-state index in [-0.39, 0.29) is 11.5 Å². The summed E-state index contributed by atoms with van der Waals surface area (Å²) in [7, 11) is 1.60. The number of methoxy groups -OCH3 is 1. The molecule has 28 heavy (non-hydrogen) atoms. The smallest absolute Gasteiger partial charge is 0.387 e. The van der Waals surface area contributed by atoms with Crippen LogP contribution in [0.1, 0.15) is 21.5 Å². The molecule has 0 radical (unpaired) electrons. The van der Waals surface area contributed by atoms with Gasteiger partial charge < -0.3 is 9.47 Å². The molecule has 0 aliphatic heterocycles. The van der Waals surface area contributed by atoms with Gasteiger partial charge in [0.15, 0.2) is 5.78 Å². The van der Waals surface area contributed by atoms with E-state index in [9.17, 15) is 13.6 Å². The minimum Gasteiger partial charge on any atom is -0.496 e. The lowest BCUT2D eigenvalue weighted by atomic mass is 10.1.